The van der Waals surface area contributed by atoms with E-state index in [4.69, 9.17) is 5.73 Å². The number of hydrogen-bond donors (Lipinski definition) is 4. The molecule has 1 aliphatic carbocycles. The highest BCUT2D eigenvalue weighted by atomic mass is 32.2. The maximum absolute atomic E-state index is 12.8. The Morgan fingerprint density at radius 2 is 2.03 bits per heavy atom. The number of hydrogen-bond acceptors (Lipinski definition) is 5. The van der Waals surface area contributed by atoms with Gasteiger partial charge < -0.3 is 21.4 Å². The van der Waals surface area contributed by atoms with E-state index in [0.717, 1.165) is 11.3 Å². The molecule has 150 valence electrons. The first kappa shape index (κ1) is 19.3. The number of anilines is 1. The van der Waals surface area contributed by atoms with Gasteiger partial charge in [-0.05, 0) is 56.0 Å². The lowest BCUT2D eigenvalue weighted by Gasteiger charge is -2.27. The summed E-state index contributed by atoms with van der Waals surface area (Å²) in [6, 6.07) is 6.33. The van der Waals surface area contributed by atoms with Crippen molar-refractivity contribution in [1.29, 1.82) is 0 Å². The number of benzene rings is 1. The number of nitrogens with two attached hydrogens (primary N) is 1. The molecule has 0 saturated heterocycles. The Labute approximate surface area is 170 Å². The first-order chi connectivity index (χ1) is 13.8. The number of amides is 3. The number of primary amides is 1. The fourth-order valence-electron chi connectivity index (χ4n) is 3.67. The molecule has 2 heterocycles. The number of thioether (sulfide) groups is 1. The molecule has 0 spiro atoms. The first-order valence-electron chi connectivity index (χ1n) is 9.32. The molecule has 8 nitrogen and oxygen atoms in total. The molecule has 0 saturated carbocycles. The second kappa shape index (κ2) is 7.40. The Bertz CT molecular complexity index is 1090. The molecule has 0 unspecified atom stereocenters. The smallest absolute Gasteiger partial charge is 0.261 e. The van der Waals surface area contributed by atoms with Gasteiger partial charge >= 0.3 is 0 Å². The molecule has 29 heavy (non-hydrogen) atoms. The normalized spacial score (nSPS) is 20.2. The fraction of sp³-hybridized carbons (Fsp3) is 0.300. The molecule has 1 aromatic carbocycles. The zero-order valence-corrected chi connectivity index (χ0v) is 16.5. The minimum atomic E-state index is -0.804. The molecule has 3 amide bonds. The number of pyridine rings is 1. The van der Waals surface area contributed by atoms with E-state index in [-0.39, 0.29) is 28.7 Å². The lowest BCUT2D eigenvalue weighted by molar-refractivity contribution is -0.115. The molecular weight excluding hydrogens is 392 g/mol. The molecule has 0 radical (unpaired) electrons. The second-order valence-electron chi connectivity index (χ2n) is 7.19. The third-order valence-electron chi connectivity index (χ3n) is 5.20. The van der Waals surface area contributed by atoms with Gasteiger partial charge in [0.15, 0.2) is 0 Å². The number of aromatic nitrogens is 1. The molecule has 9 heteroatoms. The van der Waals surface area contributed by atoms with Crippen molar-refractivity contribution in [2.24, 2.45) is 5.73 Å². The molecule has 1 aliphatic heterocycles. The summed E-state index contributed by atoms with van der Waals surface area (Å²) < 4.78 is 0. The minimum Gasteiger partial charge on any atom is -0.365 e. The van der Waals surface area contributed by atoms with Crippen LogP contribution in [-0.4, -0.2) is 28.0 Å². The highest BCUT2D eigenvalue weighted by Crippen LogP contribution is 2.36. The summed E-state index contributed by atoms with van der Waals surface area (Å²) in [5.74, 6) is -1.19. The standard InChI is InChI=1S/C20H20N4O4S/c1-9-18(26)24-15-7-10(5-6-16(15)29-9)19(27)22-13-3-2-4-14-11(13)8-12(17(21)25)20(28)23-14/h5-9,13H,2-4H2,1H3,(H2,21,25)(H,22,27)(H,23,28)(H,24,26)/t9-,13+/m1/s1. The predicted molar refractivity (Wildman–Crippen MR) is 109 cm³/mol. The van der Waals surface area contributed by atoms with Gasteiger partial charge in [0.25, 0.3) is 17.4 Å². The van der Waals surface area contributed by atoms with Crippen molar-refractivity contribution >= 4 is 35.2 Å². The van der Waals surface area contributed by atoms with E-state index < -0.39 is 11.5 Å². The van der Waals surface area contributed by atoms with Crippen LogP contribution in [0.25, 0.3) is 0 Å². The lowest BCUT2D eigenvalue weighted by atomic mass is 9.90. The third-order valence-corrected chi connectivity index (χ3v) is 6.37. The number of nitrogens with one attached hydrogen (secondary N) is 3. The summed E-state index contributed by atoms with van der Waals surface area (Å²) in [4.78, 5) is 51.9. The van der Waals surface area contributed by atoms with Gasteiger partial charge in [-0.15, -0.1) is 11.8 Å². The SMILES string of the molecule is C[C@H]1Sc2ccc(C(=O)N[C@H]3CCCc4[nH]c(=O)c(C(N)=O)cc43)cc2NC1=O. The molecule has 1 aromatic heterocycles. The van der Waals surface area contributed by atoms with E-state index in [0.29, 0.717) is 35.3 Å². The zero-order valence-electron chi connectivity index (χ0n) is 15.7. The van der Waals surface area contributed by atoms with E-state index in [1.165, 1.54) is 17.8 Å². The van der Waals surface area contributed by atoms with Gasteiger partial charge in [0, 0.05) is 16.2 Å². The van der Waals surface area contributed by atoms with Gasteiger partial charge in [-0.3, -0.25) is 19.2 Å². The van der Waals surface area contributed by atoms with Gasteiger partial charge in [-0.1, -0.05) is 0 Å². The summed E-state index contributed by atoms with van der Waals surface area (Å²) in [7, 11) is 0. The number of carbonyl (C=O) groups excluding carboxylic acids is 3. The molecule has 5 N–H and O–H groups in total. The monoisotopic (exact) mass is 412 g/mol. The van der Waals surface area contributed by atoms with E-state index in [1.807, 2.05) is 13.0 Å². The highest BCUT2D eigenvalue weighted by molar-refractivity contribution is 8.00. The van der Waals surface area contributed by atoms with Crippen LogP contribution in [0.5, 0.6) is 0 Å². The van der Waals surface area contributed by atoms with Crippen LogP contribution in [0.15, 0.2) is 34.0 Å². The minimum absolute atomic E-state index is 0.0933. The van der Waals surface area contributed by atoms with E-state index in [9.17, 15) is 19.2 Å². The quantitative estimate of drug-likeness (QED) is 0.609. The Balaban J connectivity index is 1.60. The van der Waals surface area contributed by atoms with Crippen molar-refractivity contribution in [3.05, 3.63) is 57.0 Å². The third kappa shape index (κ3) is 3.65. The largest absolute Gasteiger partial charge is 0.365 e. The van der Waals surface area contributed by atoms with Crippen molar-refractivity contribution in [1.82, 2.24) is 10.3 Å². The van der Waals surface area contributed by atoms with Crippen LogP contribution in [0.1, 0.15) is 57.8 Å². The molecule has 2 atom stereocenters. The van der Waals surface area contributed by atoms with Crippen LogP contribution in [0.4, 0.5) is 5.69 Å². The van der Waals surface area contributed by atoms with Crippen LogP contribution in [-0.2, 0) is 11.2 Å². The van der Waals surface area contributed by atoms with E-state index in [1.54, 1.807) is 12.1 Å². The topological polar surface area (TPSA) is 134 Å². The number of aromatic amines is 1. The number of carbonyl (C=O) groups is 3. The first-order valence-corrected chi connectivity index (χ1v) is 10.2. The fourth-order valence-corrected chi connectivity index (χ4v) is 4.60. The molecule has 2 aromatic rings. The number of H-pyrrole nitrogens is 1. The van der Waals surface area contributed by atoms with Crippen molar-refractivity contribution in [2.45, 2.75) is 42.4 Å². The molecule has 0 bridgehead atoms. The maximum Gasteiger partial charge on any atom is 0.261 e. The van der Waals surface area contributed by atoms with Crippen LogP contribution in [0.2, 0.25) is 0 Å². The van der Waals surface area contributed by atoms with E-state index >= 15 is 0 Å². The van der Waals surface area contributed by atoms with Crippen LogP contribution in [0, 0.1) is 0 Å². The number of fused-ring (bicyclic) bond motifs is 2. The summed E-state index contributed by atoms with van der Waals surface area (Å²) in [5, 5.41) is 5.61. The van der Waals surface area contributed by atoms with Crippen LogP contribution in [0.3, 0.4) is 0 Å². The molecular formula is C20H20N4O4S. The zero-order chi connectivity index (χ0) is 20.7. The van der Waals surface area contributed by atoms with Gasteiger partial charge in [0.1, 0.15) is 5.56 Å². The Morgan fingerprint density at radius 3 is 2.79 bits per heavy atom. The lowest BCUT2D eigenvalue weighted by Crippen LogP contribution is -2.34. The highest BCUT2D eigenvalue weighted by Gasteiger charge is 2.27. The average Bonchev–Trinajstić information content (AvgIpc) is 2.68. The summed E-state index contributed by atoms with van der Waals surface area (Å²) >= 11 is 1.45. The second-order valence-corrected chi connectivity index (χ2v) is 8.57. The van der Waals surface area contributed by atoms with Crippen molar-refractivity contribution in [2.75, 3.05) is 5.32 Å². The number of aryl methyl sites for hydroxylation is 1. The van der Waals surface area contributed by atoms with E-state index in [2.05, 4.69) is 15.6 Å². The number of rotatable bonds is 3. The predicted octanol–water partition coefficient (Wildman–Crippen LogP) is 1.71. The molecule has 4 rings (SSSR count). The summed E-state index contributed by atoms with van der Waals surface area (Å²) in [6.45, 7) is 1.83. The summed E-state index contributed by atoms with van der Waals surface area (Å²) in [5.41, 5.74) is 7.11. The maximum atomic E-state index is 12.8. The molecule has 0 fully saturated rings. The summed E-state index contributed by atoms with van der Waals surface area (Å²) in [6.07, 6.45) is 2.13. The van der Waals surface area contributed by atoms with Crippen molar-refractivity contribution in [3.63, 3.8) is 0 Å². The van der Waals surface area contributed by atoms with Crippen molar-refractivity contribution < 1.29 is 14.4 Å². The van der Waals surface area contributed by atoms with Gasteiger partial charge in [0.05, 0.1) is 17.0 Å². The van der Waals surface area contributed by atoms with Crippen LogP contribution >= 0.6 is 11.8 Å². The van der Waals surface area contributed by atoms with Gasteiger partial charge in [0.2, 0.25) is 5.91 Å². The average molecular weight is 412 g/mol. The molecule has 2 aliphatic rings. The van der Waals surface area contributed by atoms with Crippen LogP contribution < -0.4 is 21.9 Å². The van der Waals surface area contributed by atoms with Gasteiger partial charge in [-0.25, -0.2) is 0 Å². The Hall–Kier alpha value is -3.07. The van der Waals surface area contributed by atoms with Crippen molar-refractivity contribution in [3.8, 4) is 0 Å². The Kier molecular flexibility index (Phi) is 4.91. The van der Waals surface area contributed by atoms with Gasteiger partial charge in [-0.2, -0.15) is 0 Å². The Morgan fingerprint density at radius 1 is 1.24 bits per heavy atom.